The molecule has 1 aliphatic heterocycles. The lowest BCUT2D eigenvalue weighted by Gasteiger charge is -2.30. The predicted molar refractivity (Wildman–Crippen MR) is 111 cm³/mol. The Morgan fingerprint density at radius 1 is 1.20 bits per heavy atom. The van der Waals surface area contributed by atoms with Gasteiger partial charge in [0.15, 0.2) is 0 Å². The van der Waals surface area contributed by atoms with E-state index in [0.29, 0.717) is 6.04 Å². The predicted octanol–water partition coefficient (Wildman–Crippen LogP) is 4.42. The molecular formula is C21H37N4+. The minimum atomic E-state index is 0.427. The third-order valence-corrected chi connectivity index (χ3v) is 4.54. The largest absolute Gasteiger partial charge is 0.343 e. The van der Waals surface area contributed by atoms with Crippen molar-refractivity contribution in [3.05, 3.63) is 35.8 Å². The summed E-state index contributed by atoms with van der Waals surface area (Å²) in [5.74, 6) is 0. The average molecular weight is 346 g/mol. The van der Waals surface area contributed by atoms with Crippen LogP contribution in [0.15, 0.2) is 45.8 Å². The monoisotopic (exact) mass is 345 g/mol. The normalized spacial score (nSPS) is 18.5. The average Bonchev–Trinajstić information content (AvgIpc) is 2.57. The van der Waals surface area contributed by atoms with Gasteiger partial charge in [-0.2, -0.15) is 0 Å². The second-order valence-corrected chi connectivity index (χ2v) is 7.80. The quantitative estimate of drug-likeness (QED) is 0.327. The topological polar surface area (TPSA) is 28.0 Å². The Kier molecular flexibility index (Phi) is 8.84. The van der Waals surface area contributed by atoms with E-state index in [1.165, 1.54) is 19.4 Å². The maximum Gasteiger partial charge on any atom is 0.107 e. The highest BCUT2D eigenvalue weighted by molar-refractivity contribution is 5.99. The van der Waals surface area contributed by atoms with Gasteiger partial charge in [0, 0.05) is 18.8 Å². The first-order valence-electron chi connectivity index (χ1n) is 9.46. The van der Waals surface area contributed by atoms with Crippen molar-refractivity contribution in [3.8, 4) is 0 Å². The van der Waals surface area contributed by atoms with Crippen LogP contribution in [0.25, 0.3) is 0 Å². The van der Waals surface area contributed by atoms with E-state index in [0.717, 1.165) is 41.0 Å². The number of allylic oxidation sites excluding steroid dienone is 4. The Morgan fingerprint density at radius 3 is 2.52 bits per heavy atom. The number of nitrogens with zero attached hydrogens (tertiary/aromatic N) is 4. The molecule has 1 atom stereocenters. The molecule has 4 nitrogen and oxygen atoms in total. The van der Waals surface area contributed by atoms with E-state index in [-0.39, 0.29) is 0 Å². The maximum atomic E-state index is 4.76. The van der Waals surface area contributed by atoms with E-state index in [2.05, 4.69) is 76.0 Å². The Balaban J connectivity index is 2.72. The molecule has 0 aromatic carbocycles. The fraction of sp³-hybridized carbons (Fsp3) is 0.619. The molecule has 0 spiro atoms. The van der Waals surface area contributed by atoms with Gasteiger partial charge in [0.2, 0.25) is 0 Å². The number of aliphatic imine (C=N–C) groups is 2. The number of unbranched alkanes of at least 4 members (excludes halogenated alkanes) is 2. The summed E-state index contributed by atoms with van der Waals surface area (Å²) in [5, 5.41) is 0. The van der Waals surface area contributed by atoms with Crippen molar-refractivity contribution >= 4 is 12.4 Å². The summed E-state index contributed by atoms with van der Waals surface area (Å²) in [5.41, 5.74) is 2.97. The molecule has 0 aromatic rings. The zero-order valence-electron chi connectivity index (χ0n) is 17.1. The van der Waals surface area contributed by atoms with Crippen LogP contribution >= 0.6 is 0 Å². The van der Waals surface area contributed by atoms with Crippen LogP contribution in [-0.2, 0) is 0 Å². The van der Waals surface area contributed by atoms with Crippen LogP contribution in [0.1, 0.15) is 46.5 Å². The van der Waals surface area contributed by atoms with Gasteiger partial charge in [0.05, 0.1) is 39.1 Å². The molecule has 0 radical (unpaired) electrons. The van der Waals surface area contributed by atoms with Gasteiger partial charge in [-0.1, -0.05) is 13.0 Å². The Labute approximate surface area is 154 Å². The summed E-state index contributed by atoms with van der Waals surface area (Å²) < 4.78 is 1.03. The van der Waals surface area contributed by atoms with Gasteiger partial charge in [-0.05, 0) is 58.4 Å². The first kappa shape index (κ1) is 21.4. The van der Waals surface area contributed by atoms with Crippen LogP contribution in [-0.4, -0.2) is 62.1 Å². The van der Waals surface area contributed by atoms with E-state index in [9.17, 15) is 0 Å². The second kappa shape index (κ2) is 10.3. The molecule has 0 amide bonds. The van der Waals surface area contributed by atoms with Crippen LogP contribution in [0.3, 0.4) is 0 Å². The lowest BCUT2D eigenvalue weighted by Crippen LogP contribution is -2.35. The SMILES string of the molecule is C=NC(C(C)=NCCCCC[N+](C)(C)C)=C1C=CC=CN1C(C)CC. The molecule has 0 aromatic heterocycles. The van der Waals surface area contributed by atoms with E-state index in [1.54, 1.807) is 0 Å². The van der Waals surface area contributed by atoms with Gasteiger partial charge in [0.25, 0.3) is 0 Å². The lowest BCUT2D eigenvalue weighted by atomic mass is 10.1. The second-order valence-electron chi connectivity index (χ2n) is 7.80. The standard InChI is InChI=1S/C21H37N4/c1-8-18(2)24-16-12-10-14-20(24)21(22-4)19(3)23-15-11-9-13-17-25(5,6)7/h10,12,14,16,18H,4,8-9,11,13,15,17H2,1-3,5-7H3/q+1. The first-order valence-corrected chi connectivity index (χ1v) is 9.46. The Morgan fingerprint density at radius 2 is 1.92 bits per heavy atom. The van der Waals surface area contributed by atoms with Crippen molar-refractivity contribution in [2.24, 2.45) is 9.98 Å². The third kappa shape index (κ3) is 7.39. The summed E-state index contributed by atoms with van der Waals surface area (Å²) in [6, 6.07) is 0.427. The molecule has 0 saturated heterocycles. The molecule has 0 bridgehead atoms. The van der Waals surface area contributed by atoms with Crippen LogP contribution in [0.4, 0.5) is 0 Å². The van der Waals surface area contributed by atoms with Crippen LogP contribution < -0.4 is 0 Å². The van der Waals surface area contributed by atoms with Gasteiger partial charge >= 0.3 is 0 Å². The highest BCUT2D eigenvalue weighted by Crippen LogP contribution is 2.23. The van der Waals surface area contributed by atoms with Gasteiger partial charge in [0.1, 0.15) is 5.70 Å². The summed E-state index contributed by atoms with van der Waals surface area (Å²) >= 11 is 0. The number of quaternary nitrogens is 1. The van der Waals surface area contributed by atoms with Crippen molar-refractivity contribution in [2.75, 3.05) is 34.2 Å². The van der Waals surface area contributed by atoms with Crippen molar-refractivity contribution in [2.45, 2.75) is 52.5 Å². The van der Waals surface area contributed by atoms with Crippen LogP contribution in [0.5, 0.6) is 0 Å². The Bertz CT molecular complexity index is 547. The molecule has 25 heavy (non-hydrogen) atoms. The van der Waals surface area contributed by atoms with Gasteiger partial charge < -0.3 is 9.38 Å². The highest BCUT2D eigenvalue weighted by atomic mass is 15.3. The molecule has 0 saturated carbocycles. The van der Waals surface area contributed by atoms with Crippen molar-refractivity contribution < 1.29 is 4.48 Å². The number of hydrogen-bond acceptors (Lipinski definition) is 3. The van der Waals surface area contributed by atoms with Crippen molar-refractivity contribution in [1.29, 1.82) is 0 Å². The molecule has 0 fully saturated rings. The minimum Gasteiger partial charge on any atom is -0.343 e. The zero-order valence-corrected chi connectivity index (χ0v) is 17.1. The van der Waals surface area contributed by atoms with E-state index >= 15 is 0 Å². The molecule has 1 heterocycles. The maximum absolute atomic E-state index is 4.76. The van der Waals surface area contributed by atoms with Crippen molar-refractivity contribution in [3.63, 3.8) is 0 Å². The van der Waals surface area contributed by atoms with Crippen LogP contribution in [0.2, 0.25) is 0 Å². The van der Waals surface area contributed by atoms with E-state index < -0.39 is 0 Å². The Hall–Kier alpha value is -1.68. The molecule has 0 N–H and O–H groups in total. The third-order valence-electron chi connectivity index (χ3n) is 4.54. The fourth-order valence-corrected chi connectivity index (χ4v) is 2.81. The fourth-order valence-electron chi connectivity index (χ4n) is 2.81. The lowest BCUT2D eigenvalue weighted by molar-refractivity contribution is -0.870. The van der Waals surface area contributed by atoms with Gasteiger partial charge in [-0.15, -0.1) is 0 Å². The molecular weight excluding hydrogens is 308 g/mol. The summed E-state index contributed by atoms with van der Waals surface area (Å²) in [4.78, 5) is 11.3. The molecule has 1 aliphatic rings. The summed E-state index contributed by atoms with van der Waals surface area (Å²) in [6.07, 6.45) is 13.0. The molecule has 140 valence electrons. The highest BCUT2D eigenvalue weighted by Gasteiger charge is 2.18. The molecule has 1 rings (SSSR count). The first-order chi connectivity index (χ1) is 11.8. The van der Waals surface area contributed by atoms with E-state index in [1.807, 2.05) is 6.92 Å². The molecule has 0 aliphatic carbocycles. The number of rotatable bonds is 10. The molecule has 4 heteroatoms. The molecule has 1 unspecified atom stereocenters. The summed E-state index contributed by atoms with van der Waals surface area (Å²) in [6.45, 7) is 12.3. The summed E-state index contributed by atoms with van der Waals surface area (Å²) in [7, 11) is 6.73. The zero-order chi connectivity index (χ0) is 18.9. The van der Waals surface area contributed by atoms with Crippen molar-refractivity contribution in [1.82, 2.24) is 4.90 Å². The number of hydrogen-bond donors (Lipinski definition) is 0. The van der Waals surface area contributed by atoms with Gasteiger partial charge in [-0.3, -0.25) is 9.98 Å². The van der Waals surface area contributed by atoms with Crippen LogP contribution in [0, 0.1) is 0 Å². The smallest absolute Gasteiger partial charge is 0.107 e. The van der Waals surface area contributed by atoms with E-state index in [4.69, 9.17) is 4.99 Å². The minimum absolute atomic E-state index is 0.427. The van der Waals surface area contributed by atoms with Gasteiger partial charge in [-0.25, -0.2) is 0 Å².